The Labute approximate surface area is 196 Å². The Morgan fingerprint density at radius 3 is 1.88 bits per heavy atom. The number of carboxylic acids is 1. The second kappa shape index (κ2) is 10.4. The maximum absolute atomic E-state index is 12.9. The topological polar surface area (TPSA) is 87.7 Å². The monoisotopic (exact) mass is 472 g/mol. The number of halogens is 2. The lowest BCUT2D eigenvalue weighted by Gasteiger charge is -2.18. The molecule has 0 aromatic heterocycles. The van der Waals surface area contributed by atoms with Gasteiger partial charge < -0.3 is 20.5 Å². The molecule has 1 unspecified atom stereocenters. The summed E-state index contributed by atoms with van der Waals surface area (Å²) in [7, 11) is 0. The number of nitrogens with one attached hydrogen (secondary N) is 2. The molecule has 8 heteroatoms. The number of benzene rings is 3. The van der Waals surface area contributed by atoms with Crippen molar-refractivity contribution in [1.29, 1.82) is 0 Å². The summed E-state index contributed by atoms with van der Waals surface area (Å²) in [6.07, 6.45) is 0.342. The zero-order valence-electron chi connectivity index (χ0n) is 17.5. The van der Waals surface area contributed by atoms with Crippen LogP contribution in [0.2, 0.25) is 10.0 Å². The standard InChI is InChI=1S/C24H22Cl2N2O4/c1-3-14(2)32-24(31)20-13-21(27-17-8-4-6-15(25)10-17)19(23(29)30)12-22(20)28-18-9-5-7-16(26)11-18/h4-14,27-28H,3H2,1-2H3,(H,29,30). The molecule has 166 valence electrons. The van der Waals surface area contributed by atoms with E-state index in [1.54, 1.807) is 55.5 Å². The van der Waals surface area contributed by atoms with Crippen LogP contribution in [0.25, 0.3) is 0 Å². The van der Waals surface area contributed by atoms with Crippen LogP contribution in [0.15, 0.2) is 60.7 Å². The molecule has 0 heterocycles. The maximum Gasteiger partial charge on any atom is 0.340 e. The van der Waals surface area contributed by atoms with Gasteiger partial charge in [0.25, 0.3) is 0 Å². The highest BCUT2D eigenvalue weighted by Gasteiger charge is 2.22. The van der Waals surface area contributed by atoms with E-state index in [0.717, 1.165) is 0 Å². The summed E-state index contributed by atoms with van der Waals surface area (Å²) in [6.45, 7) is 3.70. The van der Waals surface area contributed by atoms with Gasteiger partial charge >= 0.3 is 11.9 Å². The van der Waals surface area contributed by atoms with Crippen molar-refractivity contribution in [3.8, 4) is 0 Å². The molecule has 6 nitrogen and oxygen atoms in total. The van der Waals surface area contributed by atoms with Crippen LogP contribution in [0.4, 0.5) is 22.7 Å². The Morgan fingerprint density at radius 1 is 0.906 bits per heavy atom. The number of esters is 1. The molecule has 32 heavy (non-hydrogen) atoms. The van der Waals surface area contributed by atoms with Crippen LogP contribution in [0.1, 0.15) is 41.0 Å². The number of anilines is 4. The molecular formula is C24H22Cl2N2O4. The van der Waals surface area contributed by atoms with Crippen LogP contribution in [0.5, 0.6) is 0 Å². The molecule has 3 rings (SSSR count). The van der Waals surface area contributed by atoms with Crippen molar-refractivity contribution < 1.29 is 19.4 Å². The summed E-state index contributed by atoms with van der Waals surface area (Å²) < 4.78 is 5.51. The minimum atomic E-state index is -1.16. The Kier molecular flexibility index (Phi) is 7.62. The van der Waals surface area contributed by atoms with E-state index in [9.17, 15) is 14.7 Å². The molecule has 0 saturated heterocycles. The average molecular weight is 473 g/mol. The van der Waals surface area contributed by atoms with Crippen molar-refractivity contribution in [3.63, 3.8) is 0 Å². The first-order valence-corrected chi connectivity index (χ1v) is 10.7. The van der Waals surface area contributed by atoms with Gasteiger partial charge in [-0.3, -0.25) is 0 Å². The predicted octanol–water partition coefficient (Wildman–Crippen LogP) is 7.13. The molecule has 0 aliphatic carbocycles. The summed E-state index contributed by atoms with van der Waals surface area (Å²) in [4.78, 5) is 25.0. The van der Waals surface area contributed by atoms with Crippen LogP contribution in [-0.4, -0.2) is 23.1 Å². The molecule has 0 fully saturated rings. The van der Waals surface area contributed by atoms with Gasteiger partial charge in [0.05, 0.1) is 28.6 Å². The summed E-state index contributed by atoms with van der Waals surface area (Å²) in [5, 5.41) is 16.9. The molecule has 0 amide bonds. The molecule has 3 N–H and O–H groups in total. The van der Waals surface area contributed by atoms with Crippen molar-refractivity contribution in [2.45, 2.75) is 26.4 Å². The molecule has 0 spiro atoms. The number of hydrogen-bond acceptors (Lipinski definition) is 5. The number of carboxylic acid groups (broad SMARTS) is 1. The first-order chi connectivity index (χ1) is 15.3. The van der Waals surface area contributed by atoms with Gasteiger partial charge in [0.15, 0.2) is 0 Å². The molecule has 0 radical (unpaired) electrons. The number of aromatic carboxylic acids is 1. The smallest absolute Gasteiger partial charge is 0.340 e. The number of carbonyl (C=O) groups excluding carboxylic acids is 1. The summed E-state index contributed by atoms with van der Waals surface area (Å²) in [5.41, 5.74) is 1.84. The number of ether oxygens (including phenoxy) is 1. The molecule has 0 bridgehead atoms. The first kappa shape index (κ1) is 23.4. The molecular weight excluding hydrogens is 451 g/mol. The van der Waals surface area contributed by atoms with Crippen molar-refractivity contribution in [2.24, 2.45) is 0 Å². The zero-order valence-corrected chi connectivity index (χ0v) is 19.0. The third-order valence-electron chi connectivity index (χ3n) is 4.70. The van der Waals surface area contributed by atoms with E-state index in [4.69, 9.17) is 27.9 Å². The molecule has 0 aliphatic heterocycles. The van der Waals surface area contributed by atoms with Crippen LogP contribution in [0, 0.1) is 0 Å². The third kappa shape index (κ3) is 5.93. The molecule has 3 aromatic carbocycles. The van der Waals surface area contributed by atoms with Crippen molar-refractivity contribution in [3.05, 3.63) is 81.8 Å². The summed E-state index contributed by atoms with van der Waals surface area (Å²) in [6, 6.07) is 16.6. The van der Waals surface area contributed by atoms with E-state index in [2.05, 4.69) is 10.6 Å². The van der Waals surface area contributed by atoms with Gasteiger partial charge in [-0.2, -0.15) is 0 Å². The van der Waals surface area contributed by atoms with Gasteiger partial charge in [-0.15, -0.1) is 0 Å². The fourth-order valence-corrected chi connectivity index (χ4v) is 3.31. The normalized spacial score (nSPS) is 11.5. The van der Waals surface area contributed by atoms with Crippen LogP contribution < -0.4 is 10.6 Å². The molecule has 0 saturated carbocycles. The van der Waals surface area contributed by atoms with E-state index >= 15 is 0 Å². The van der Waals surface area contributed by atoms with Crippen molar-refractivity contribution in [1.82, 2.24) is 0 Å². The fraction of sp³-hybridized carbons (Fsp3) is 0.167. The van der Waals surface area contributed by atoms with E-state index in [-0.39, 0.29) is 28.6 Å². The van der Waals surface area contributed by atoms with E-state index < -0.39 is 11.9 Å². The highest BCUT2D eigenvalue weighted by molar-refractivity contribution is 6.31. The highest BCUT2D eigenvalue weighted by Crippen LogP contribution is 2.32. The lowest BCUT2D eigenvalue weighted by Crippen LogP contribution is -2.16. The van der Waals surface area contributed by atoms with Gasteiger partial charge in [0.2, 0.25) is 0 Å². The molecule has 3 aromatic rings. The van der Waals surface area contributed by atoms with Gasteiger partial charge in [-0.25, -0.2) is 9.59 Å². The second-order valence-corrected chi connectivity index (χ2v) is 8.02. The fourth-order valence-electron chi connectivity index (χ4n) is 2.93. The third-order valence-corrected chi connectivity index (χ3v) is 5.17. The zero-order chi connectivity index (χ0) is 23.3. The van der Waals surface area contributed by atoms with E-state index in [1.807, 2.05) is 6.92 Å². The molecule has 1 atom stereocenters. The Morgan fingerprint density at radius 2 is 1.41 bits per heavy atom. The summed E-state index contributed by atoms with van der Waals surface area (Å²) in [5.74, 6) is -1.74. The van der Waals surface area contributed by atoms with Gasteiger partial charge in [-0.05, 0) is 61.9 Å². The van der Waals surface area contributed by atoms with Crippen molar-refractivity contribution >= 4 is 57.9 Å². The Balaban J connectivity index is 2.10. The SMILES string of the molecule is CCC(C)OC(=O)c1cc(Nc2cccc(Cl)c2)c(C(=O)O)cc1Nc1cccc(Cl)c1. The summed E-state index contributed by atoms with van der Waals surface area (Å²) >= 11 is 12.1. The lowest BCUT2D eigenvalue weighted by atomic mass is 10.0. The largest absolute Gasteiger partial charge is 0.478 e. The Bertz CT molecular complexity index is 1150. The molecule has 0 aliphatic rings. The number of carbonyl (C=O) groups is 2. The van der Waals surface area contributed by atoms with Gasteiger partial charge in [0, 0.05) is 21.4 Å². The van der Waals surface area contributed by atoms with Gasteiger partial charge in [0.1, 0.15) is 0 Å². The minimum Gasteiger partial charge on any atom is -0.478 e. The minimum absolute atomic E-state index is 0.0328. The van der Waals surface area contributed by atoms with E-state index in [1.165, 1.54) is 12.1 Å². The second-order valence-electron chi connectivity index (χ2n) is 7.14. The highest BCUT2D eigenvalue weighted by atomic mass is 35.5. The van der Waals surface area contributed by atoms with Crippen molar-refractivity contribution in [2.75, 3.05) is 10.6 Å². The van der Waals surface area contributed by atoms with Gasteiger partial charge in [-0.1, -0.05) is 42.3 Å². The lowest BCUT2D eigenvalue weighted by molar-refractivity contribution is 0.0335. The quantitative estimate of drug-likeness (QED) is 0.302. The predicted molar refractivity (Wildman–Crippen MR) is 128 cm³/mol. The van der Waals surface area contributed by atoms with Crippen LogP contribution >= 0.6 is 23.2 Å². The first-order valence-electron chi connectivity index (χ1n) is 9.94. The maximum atomic E-state index is 12.9. The van der Waals surface area contributed by atoms with E-state index in [0.29, 0.717) is 27.8 Å². The number of hydrogen-bond donors (Lipinski definition) is 3. The Hall–Kier alpha value is -3.22. The van der Waals surface area contributed by atoms with Crippen LogP contribution in [0.3, 0.4) is 0 Å². The average Bonchev–Trinajstić information content (AvgIpc) is 2.74. The van der Waals surface area contributed by atoms with Crippen LogP contribution in [-0.2, 0) is 4.74 Å². The number of rotatable bonds is 8.